The third-order valence-corrected chi connectivity index (χ3v) is 4.38. The third-order valence-electron chi connectivity index (χ3n) is 4.38. The molecule has 2 aromatic rings. The molecule has 1 N–H and O–H groups in total. The fourth-order valence-electron chi connectivity index (χ4n) is 2.67. The zero-order valence-corrected chi connectivity index (χ0v) is 15.5. The van der Waals surface area contributed by atoms with Crippen LogP contribution in [0.3, 0.4) is 0 Å². The van der Waals surface area contributed by atoms with Crippen molar-refractivity contribution >= 4 is 5.91 Å². The van der Waals surface area contributed by atoms with E-state index in [0.29, 0.717) is 24.5 Å². The van der Waals surface area contributed by atoms with Crippen LogP contribution in [0, 0.1) is 0 Å². The number of hydrogen-bond donors (Lipinski definition) is 1. The predicted octanol–water partition coefficient (Wildman–Crippen LogP) is 3.73. The Morgan fingerprint density at radius 1 is 1.00 bits per heavy atom. The fourth-order valence-corrected chi connectivity index (χ4v) is 2.67. The van der Waals surface area contributed by atoms with E-state index in [2.05, 4.69) is 19.2 Å². The molecule has 0 aliphatic heterocycles. The second-order valence-corrected chi connectivity index (χ2v) is 6.72. The minimum Gasteiger partial charge on any atom is -0.493 e. The molecule has 0 heterocycles. The highest BCUT2D eigenvalue weighted by atomic mass is 16.5. The summed E-state index contributed by atoms with van der Waals surface area (Å²) in [7, 11) is 3.25. The number of aryl methyl sites for hydroxylation is 1. The van der Waals surface area contributed by atoms with E-state index in [1.807, 2.05) is 48.5 Å². The van der Waals surface area contributed by atoms with Crippen LogP contribution in [0.25, 0.3) is 0 Å². The Kier molecular flexibility index (Phi) is 6.45. The molecule has 4 heteroatoms. The highest BCUT2D eigenvalue weighted by Crippen LogP contribution is 2.32. The summed E-state index contributed by atoms with van der Waals surface area (Å²) in [5, 5.41) is 3.05. The van der Waals surface area contributed by atoms with Crippen LogP contribution < -0.4 is 14.8 Å². The Bertz CT molecular complexity index is 696. The molecule has 0 aliphatic rings. The molecule has 0 unspecified atom stereocenters. The number of carbonyl (C=O) groups is 1. The second kappa shape index (κ2) is 8.56. The first-order chi connectivity index (χ1) is 12.0. The van der Waals surface area contributed by atoms with Crippen LogP contribution in [0.4, 0.5) is 0 Å². The minimum atomic E-state index is -0.206. The lowest BCUT2D eigenvalue weighted by Gasteiger charge is -2.26. The van der Waals surface area contributed by atoms with Gasteiger partial charge in [-0.3, -0.25) is 4.79 Å². The molecule has 2 rings (SSSR count). The van der Waals surface area contributed by atoms with E-state index in [9.17, 15) is 4.79 Å². The molecule has 0 fully saturated rings. The van der Waals surface area contributed by atoms with Gasteiger partial charge in [0.05, 0.1) is 14.2 Å². The van der Waals surface area contributed by atoms with Crippen molar-refractivity contribution in [1.82, 2.24) is 5.32 Å². The van der Waals surface area contributed by atoms with Gasteiger partial charge in [-0.05, 0) is 29.7 Å². The molecule has 0 spiro atoms. The summed E-state index contributed by atoms with van der Waals surface area (Å²) in [5.41, 5.74) is 2.06. The van der Waals surface area contributed by atoms with Crippen LogP contribution in [0.15, 0.2) is 48.5 Å². The van der Waals surface area contributed by atoms with Gasteiger partial charge in [-0.1, -0.05) is 50.2 Å². The highest BCUT2D eigenvalue weighted by Gasteiger charge is 2.23. The largest absolute Gasteiger partial charge is 0.493 e. The number of hydrogen-bond acceptors (Lipinski definition) is 3. The molecule has 4 nitrogen and oxygen atoms in total. The minimum absolute atomic E-state index is 0.0670. The van der Waals surface area contributed by atoms with Gasteiger partial charge in [-0.2, -0.15) is 0 Å². The summed E-state index contributed by atoms with van der Waals surface area (Å²) >= 11 is 0. The van der Waals surface area contributed by atoms with Crippen molar-refractivity contribution in [3.8, 4) is 11.5 Å². The molecule has 2 aromatic carbocycles. The Balaban J connectivity index is 1.93. The Morgan fingerprint density at radius 2 is 1.68 bits per heavy atom. The van der Waals surface area contributed by atoms with Gasteiger partial charge in [0.15, 0.2) is 11.5 Å². The monoisotopic (exact) mass is 341 g/mol. The Labute approximate surface area is 150 Å². The number of methoxy groups -OCH3 is 2. The molecule has 0 bridgehead atoms. The zero-order valence-electron chi connectivity index (χ0n) is 15.5. The average molecular weight is 341 g/mol. The molecule has 0 radical (unpaired) electrons. The first-order valence-corrected chi connectivity index (χ1v) is 8.49. The lowest BCUT2D eigenvalue weighted by Crippen LogP contribution is -2.36. The van der Waals surface area contributed by atoms with Crippen LogP contribution in [0.2, 0.25) is 0 Å². The van der Waals surface area contributed by atoms with Crippen LogP contribution in [0.5, 0.6) is 11.5 Å². The summed E-state index contributed by atoms with van der Waals surface area (Å²) in [6.45, 7) is 4.77. The Morgan fingerprint density at radius 3 is 2.32 bits per heavy atom. The van der Waals surface area contributed by atoms with Crippen molar-refractivity contribution < 1.29 is 14.3 Å². The molecule has 0 saturated heterocycles. The van der Waals surface area contributed by atoms with E-state index < -0.39 is 0 Å². The van der Waals surface area contributed by atoms with Gasteiger partial charge in [0.25, 0.3) is 0 Å². The van der Waals surface area contributed by atoms with E-state index in [1.54, 1.807) is 14.2 Å². The van der Waals surface area contributed by atoms with Crippen LogP contribution >= 0.6 is 0 Å². The van der Waals surface area contributed by atoms with Crippen molar-refractivity contribution in [2.75, 3.05) is 20.8 Å². The summed E-state index contributed by atoms with van der Waals surface area (Å²) in [6.07, 6.45) is 1.25. The van der Waals surface area contributed by atoms with E-state index >= 15 is 0 Å². The molecule has 0 saturated carbocycles. The highest BCUT2D eigenvalue weighted by molar-refractivity contribution is 5.76. The number of ether oxygens (including phenoxy) is 2. The van der Waals surface area contributed by atoms with Gasteiger partial charge in [-0.25, -0.2) is 0 Å². The molecular formula is C21H27NO3. The van der Waals surface area contributed by atoms with Crippen molar-refractivity contribution in [3.63, 3.8) is 0 Å². The maximum absolute atomic E-state index is 12.2. The lowest BCUT2D eigenvalue weighted by molar-refractivity contribution is -0.121. The number of amides is 1. The number of rotatable bonds is 8. The topological polar surface area (TPSA) is 47.6 Å². The van der Waals surface area contributed by atoms with Crippen LogP contribution in [0.1, 0.15) is 31.4 Å². The molecule has 0 aromatic heterocycles. The first kappa shape index (κ1) is 18.8. The van der Waals surface area contributed by atoms with Gasteiger partial charge in [0, 0.05) is 18.4 Å². The predicted molar refractivity (Wildman–Crippen MR) is 100 cm³/mol. The number of nitrogens with one attached hydrogen (secondary N) is 1. The van der Waals surface area contributed by atoms with Gasteiger partial charge in [0.2, 0.25) is 5.91 Å². The van der Waals surface area contributed by atoms with Crippen LogP contribution in [-0.4, -0.2) is 26.7 Å². The smallest absolute Gasteiger partial charge is 0.220 e. The first-order valence-electron chi connectivity index (χ1n) is 8.49. The molecule has 134 valence electrons. The SMILES string of the molecule is COc1ccc(C(C)(C)CNC(=O)CCc2ccccc2)cc1OC. The van der Waals surface area contributed by atoms with Gasteiger partial charge < -0.3 is 14.8 Å². The average Bonchev–Trinajstić information content (AvgIpc) is 2.65. The van der Waals surface area contributed by atoms with Crippen LogP contribution in [-0.2, 0) is 16.6 Å². The van der Waals surface area contributed by atoms with E-state index in [0.717, 1.165) is 12.0 Å². The maximum Gasteiger partial charge on any atom is 0.220 e. The molecular weight excluding hydrogens is 314 g/mol. The van der Waals surface area contributed by atoms with Gasteiger partial charge >= 0.3 is 0 Å². The summed E-state index contributed by atoms with van der Waals surface area (Å²) in [4.78, 5) is 12.2. The van der Waals surface area contributed by atoms with Gasteiger partial charge in [0.1, 0.15) is 0 Å². The normalized spacial score (nSPS) is 11.0. The molecule has 1 amide bonds. The molecule has 0 atom stereocenters. The zero-order chi connectivity index (χ0) is 18.3. The van der Waals surface area contributed by atoms with E-state index in [-0.39, 0.29) is 11.3 Å². The molecule has 25 heavy (non-hydrogen) atoms. The number of carbonyl (C=O) groups excluding carboxylic acids is 1. The fraction of sp³-hybridized carbons (Fsp3) is 0.381. The quantitative estimate of drug-likeness (QED) is 0.796. The second-order valence-electron chi connectivity index (χ2n) is 6.72. The van der Waals surface area contributed by atoms with Crippen molar-refractivity contribution in [2.45, 2.75) is 32.1 Å². The van der Waals surface area contributed by atoms with E-state index in [4.69, 9.17) is 9.47 Å². The summed E-state index contributed by atoms with van der Waals surface area (Å²) in [6, 6.07) is 15.9. The Hall–Kier alpha value is -2.49. The lowest BCUT2D eigenvalue weighted by atomic mass is 9.84. The van der Waals surface area contributed by atoms with Gasteiger partial charge in [-0.15, -0.1) is 0 Å². The van der Waals surface area contributed by atoms with Crippen molar-refractivity contribution in [3.05, 3.63) is 59.7 Å². The summed E-state index contributed by atoms with van der Waals surface area (Å²) < 4.78 is 10.7. The number of benzene rings is 2. The third kappa shape index (κ3) is 5.24. The standard InChI is InChI=1S/C21H27NO3/c1-21(2,17-11-12-18(24-3)19(14-17)25-4)15-22-20(23)13-10-16-8-6-5-7-9-16/h5-9,11-12,14H,10,13,15H2,1-4H3,(H,22,23). The summed E-state index contributed by atoms with van der Waals surface area (Å²) in [5.74, 6) is 1.47. The van der Waals surface area contributed by atoms with Crippen molar-refractivity contribution in [2.24, 2.45) is 0 Å². The van der Waals surface area contributed by atoms with Crippen molar-refractivity contribution in [1.29, 1.82) is 0 Å². The molecule has 0 aliphatic carbocycles. The maximum atomic E-state index is 12.2. The van der Waals surface area contributed by atoms with E-state index in [1.165, 1.54) is 5.56 Å².